The Morgan fingerprint density at radius 1 is 1.09 bits per heavy atom. The van der Waals surface area contributed by atoms with Gasteiger partial charge >= 0.3 is 0 Å². The highest BCUT2D eigenvalue weighted by Gasteiger charge is 2.24. The van der Waals surface area contributed by atoms with Gasteiger partial charge in [-0.15, -0.1) is 10.2 Å². The number of benzene rings is 2. The molecule has 0 aliphatic carbocycles. The predicted molar refractivity (Wildman–Crippen MR) is 133 cm³/mol. The van der Waals surface area contributed by atoms with Gasteiger partial charge in [0.25, 0.3) is 0 Å². The molecular weight excluding hydrogens is 456 g/mol. The van der Waals surface area contributed by atoms with Crippen molar-refractivity contribution in [2.75, 3.05) is 48.4 Å². The van der Waals surface area contributed by atoms with Crippen LogP contribution in [0.2, 0.25) is 0 Å². The van der Waals surface area contributed by atoms with Crippen molar-refractivity contribution < 1.29 is 9.53 Å². The van der Waals surface area contributed by atoms with Gasteiger partial charge in [-0.25, -0.2) is 4.98 Å². The number of fused-ring (bicyclic) bond motifs is 1. The SMILES string of the molecule is CCN(C(=O)CSc1nnc(N2CCOCC2)n1-c1ccccc1)c1nc2ccccc2s1. The summed E-state index contributed by atoms with van der Waals surface area (Å²) in [6.45, 7) is 5.37. The molecule has 1 fully saturated rings. The molecule has 0 saturated carbocycles. The van der Waals surface area contributed by atoms with E-state index in [4.69, 9.17) is 4.74 Å². The summed E-state index contributed by atoms with van der Waals surface area (Å²) in [5, 5.41) is 10.3. The molecule has 170 valence electrons. The van der Waals surface area contributed by atoms with Gasteiger partial charge in [-0.3, -0.25) is 14.3 Å². The number of aromatic nitrogens is 4. The lowest BCUT2D eigenvalue weighted by atomic mass is 10.3. The first-order valence-electron chi connectivity index (χ1n) is 10.9. The molecule has 5 rings (SSSR count). The topological polar surface area (TPSA) is 76.4 Å². The van der Waals surface area contributed by atoms with Gasteiger partial charge < -0.3 is 9.64 Å². The Morgan fingerprint density at radius 3 is 2.61 bits per heavy atom. The number of thioether (sulfide) groups is 1. The zero-order chi connectivity index (χ0) is 22.6. The van der Waals surface area contributed by atoms with Gasteiger partial charge in [0.15, 0.2) is 10.3 Å². The van der Waals surface area contributed by atoms with Crippen molar-refractivity contribution in [2.45, 2.75) is 12.1 Å². The Labute approximate surface area is 200 Å². The molecule has 8 nitrogen and oxygen atoms in total. The molecule has 1 saturated heterocycles. The number of morpholine rings is 1. The fraction of sp³-hybridized carbons (Fsp3) is 0.304. The third-order valence-corrected chi connectivity index (χ3v) is 7.35. The molecule has 10 heteroatoms. The number of para-hydroxylation sites is 2. The molecule has 0 bridgehead atoms. The average Bonchev–Trinajstić information content (AvgIpc) is 3.48. The van der Waals surface area contributed by atoms with Crippen LogP contribution < -0.4 is 9.80 Å². The van der Waals surface area contributed by atoms with Crippen molar-refractivity contribution in [3.63, 3.8) is 0 Å². The lowest BCUT2D eigenvalue weighted by Gasteiger charge is -2.28. The molecule has 2 aromatic carbocycles. The minimum Gasteiger partial charge on any atom is -0.378 e. The van der Waals surface area contributed by atoms with Crippen LogP contribution in [0.3, 0.4) is 0 Å². The van der Waals surface area contributed by atoms with Gasteiger partial charge in [-0.05, 0) is 31.2 Å². The number of hydrogen-bond donors (Lipinski definition) is 0. The molecule has 2 aromatic heterocycles. The van der Waals surface area contributed by atoms with Crippen LogP contribution in [0, 0.1) is 0 Å². The lowest BCUT2D eigenvalue weighted by Crippen LogP contribution is -2.37. The second-order valence-corrected chi connectivity index (χ2v) is 9.40. The van der Waals surface area contributed by atoms with Crippen molar-refractivity contribution >= 4 is 50.3 Å². The van der Waals surface area contributed by atoms with Crippen LogP contribution >= 0.6 is 23.1 Å². The predicted octanol–water partition coefficient (Wildman–Crippen LogP) is 3.86. The van der Waals surface area contributed by atoms with Gasteiger partial charge in [-0.1, -0.05) is 53.4 Å². The van der Waals surface area contributed by atoms with Gasteiger partial charge in [0, 0.05) is 19.6 Å². The summed E-state index contributed by atoms with van der Waals surface area (Å²) in [6.07, 6.45) is 0. The number of ether oxygens (including phenoxy) is 1. The van der Waals surface area contributed by atoms with E-state index in [0.29, 0.717) is 24.9 Å². The molecule has 33 heavy (non-hydrogen) atoms. The van der Waals surface area contributed by atoms with Crippen LogP contribution in [0.4, 0.5) is 11.1 Å². The Morgan fingerprint density at radius 2 is 1.85 bits per heavy atom. The molecule has 3 heterocycles. The molecule has 0 spiro atoms. The first kappa shape index (κ1) is 21.9. The normalized spacial score (nSPS) is 14.0. The van der Waals surface area contributed by atoms with Crippen molar-refractivity contribution in [3.8, 4) is 5.69 Å². The highest BCUT2D eigenvalue weighted by atomic mass is 32.2. The number of nitrogens with zero attached hydrogens (tertiary/aromatic N) is 6. The summed E-state index contributed by atoms with van der Waals surface area (Å²) in [5.74, 6) is 1.02. The minimum absolute atomic E-state index is 0.00269. The number of hydrogen-bond acceptors (Lipinski definition) is 8. The first-order chi connectivity index (χ1) is 16.2. The smallest absolute Gasteiger partial charge is 0.239 e. The molecular formula is C23H24N6O2S2. The maximum absolute atomic E-state index is 13.2. The van der Waals surface area contributed by atoms with E-state index < -0.39 is 0 Å². The number of carbonyl (C=O) groups is 1. The van der Waals surface area contributed by atoms with Gasteiger partial charge in [0.05, 0.1) is 34.9 Å². The molecule has 0 radical (unpaired) electrons. The first-order valence-corrected chi connectivity index (χ1v) is 12.7. The Bertz CT molecular complexity index is 1200. The van der Waals surface area contributed by atoms with E-state index in [-0.39, 0.29) is 11.7 Å². The van der Waals surface area contributed by atoms with E-state index >= 15 is 0 Å². The van der Waals surface area contributed by atoms with E-state index in [9.17, 15) is 4.79 Å². The van der Waals surface area contributed by atoms with Crippen LogP contribution in [0.15, 0.2) is 59.8 Å². The Hall–Kier alpha value is -2.95. The molecule has 0 atom stereocenters. The molecule has 1 amide bonds. The Kier molecular flexibility index (Phi) is 6.56. The summed E-state index contributed by atoms with van der Waals surface area (Å²) in [7, 11) is 0. The van der Waals surface area contributed by atoms with Crippen molar-refractivity contribution in [1.29, 1.82) is 0 Å². The number of carbonyl (C=O) groups excluding carboxylic acids is 1. The fourth-order valence-corrected chi connectivity index (χ4v) is 5.59. The van der Waals surface area contributed by atoms with E-state index in [0.717, 1.165) is 40.1 Å². The zero-order valence-corrected chi connectivity index (χ0v) is 19.9. The largest absolute Gasteiger partial charge is 0.378 e. The van der Waals surface area contributed by atoms with E-state index in [1.807, 2.05) is 66.1 Å². The summed E-state index contributed by atoms with van der Waals surface area (Å²) in [5.41, 5.74) is 1.88. The maximum atomic E-state index is 13.2. The number of rotatable bonds is 7. The summed E-state index contributed by atoms with van der Waals surface area (Å²) >= 11 is 2.93. The lowest BCUT2D eigenvalue weighted by molar-refractivity contribution is -0.116. The number of anilines is 2. The van der Waals surface area contributed by atoms with Crippen LogP contribution in [-0.2, 0) is 9.53 Å². The van der Waals surface area contributed by atoms with Gasteiger partial charge in [0.1, 0.15) is 0 Å². The monoisotopic (exact) mass is 480 g/mol. The van der Waals surface area contributed by atoms with Gasteiger partial charge in [0.2, 0.25) is 11.9 Å². The van der Waals surface area contributed by atoms with Crippen LogP contribution in [0.25, 0.3) is 15.9 Å². The molecule has 0 N–H and O–H groups in total. The number of thiazole rings is 1. The molecule has 1 aliphatic rings. The highest BCUT2D eigenvalue weighted by Crippen LogP contribution is 2.31. The standard InChI is InChI=1S/C23H24N6O2S2/c1-2-28(22-24-18-10-6-7-11-19(18)33-22)20(30)16-32-23-26-25-21(27-12-14-31-15-13-27)29(23)17-8-4-3-5-9-17/h3-11H,2,12-16H2,1H3. The van der Waals surface area contributed by atoms with Crippen LogP contribution in [-0.4, -0.2) is 64.3 Å². The highest BCUT2D eigenvalue weighted by molar-refractivity contribution is 7.99. The van der Waals surface area contributed by atoms with E-state index in [1.165, 1.54) is 23.1 Å². The van der Waals surface area contributed by atoms with Crippen LogP contribution in [0.1, 0.15) is 6.92 Å². The van der Waals surface area contributed by atoms with Crippen LogP contribution in [0.5, 0.6) is 0 Å². The van der Waals surface area contributed by atoms with E-state index in [2.05, 4.69) is 20.1 Å². The average molecular weight is 481 g/mol. The minimum atomic E-state index is -0.00269. The van der Waals surface area contributed by atoms with Crippen molar-refractivity contribution in [1.82, 2.24) is 19.7 Å². The van der Waals surface area contributed by atoms with Crippen molar-refractivity contribution in [2.24, 2.45) is 0 Å². The number of amides is 1. The fourth-order valence-electron chi connectivity index (χ4n) is 3.72. The zero-order valence-electron chi connectivity index (χ0n) is 18.3. The van der Waals surface area contributed by atoms with Gasteiger partial charge in [-0.2, -0.15) is 0 Å². The summed E-state index contributed by atoms with van der Waals surface area (Å²) in [4.78, 5) is 21.7. The molecule has 0 unspecified atom stereocenters. The second-order valence-electron chi connectivity index (χ2n) is 7.44. The van der Waals surface area contributed by atoms with Crippen molar-refractivity contribution in [3.05, 3.63) is 54.6 Å². The quantitative estimate of drug-likeness (QED) is 0.372. The summed E-state index contributed by atoms with van der Waals surface area (Å²) < 4.78 is 8.60. The third kappa shape index (κ3) is 4.59. The Balaban J connectivity index is 1.38. The second kappa shape index (κ2) is 9.90. The van der Waals surface area contributed by atoms with E-state index in [1.54, 1.807) is 4.90 Å². The maximum Gasteiger partial charge on any atom is 0.239 e. The summed E-state index contributed by atoms with van der Waals surface area (Å²) in [6, 6.07) is 18.0. The third-order valence-electron chi connectivity index (χ3n) is 5.38. The molecule has 4 aromatic rings. The molecule has 1 aliphatic heterocycles.